The number of rotatable bonds is 4. The van der Waals surface area contributed by atoms with Gasteiger partial charge in [-0.15, -0.1) is 0 Å². The second-order valence-corrected chi connectivity index (χ2v) is 4.05. The van der Waals surface area contributed by atoms with Crippen LogP contribution in [-0.2, 0) is 4.79 Å². The molecule has 0 saturated carbocycles. The van der Waals surface area contributed by atoms with E-state index in [1.54, 1.807) is 14.0 Å². The molecule has 1 aromatic carbocycles. The largest absolute Gasteiger partial charge is 0.493 e. The van der Waals surface area contributed by atoms with E-state index >= 15 is 0 Å². The SMILES string of the molecule is COc1c(C)cc(C)c(C(C)C(=O)O)c1OC. The van der Waals surface area contributed by atoms with Crippen LogP contribution >= 0.6 is 0 Å². The highest BCUT2D eigenvalue weighted by atomic mass is 16.5. The molecule has 0 saturated heterocycles. The summed E-state index contributed by atoms with van der Waals surface area (Å²) in [7, 11) is 3.07. The molecule has 0 amide bonds. The van der Waals surface area contributed by atoms with E-state index in [-0.39, 0.29) is 0 Å². The van der Waals surface area contributed by atoms with E-state index in [9.17, 15) is 4.79 Å². The van der Waals surface area contributed by atoms with E-state index in [0.717, 1.165) is 11.1 Å². The van der Waals surface area contributed by atoms with Gasteiger partial charge in [0.25, 0.3) is 0 Å². The molecule has 0 fully saturated rings. The van der Waals surface area contributed by atoms with Crippen molar-refractivity contribution in [1.82, 2.24) is 0 Å². The minimum Gasteiger partial charge on any atom is -0.493 e. The van der Waals surface area contributed by atoms with Crippen molar-refractivity contribution >= 4 is 5.97 Å². The summed E-state index contributed by atoms with van der Waals surface area (Å²) in [6, 6.07) is 1.91. The lowest BCUT2D eigenvalue weighted by Gasteiger charge is -2.19. The lowest BCUT2D eigenvalue weighted by atomic mass is 9.93. The van der Waals surface area contributed by atoms with Gasteiger partial charge in [-0.3, -0.25) is 4.79 Å². The molecule has 17 heavy (non-hydrogen) atoms. The Morgan fingerprint density at radius 1 is 1.18 bits per heavy atom. The first-order valence-corrected chi connectivity index (χ1v) is 5.38. The highest BCUT2D eigenvalue weighted by Gasteiger charge is 2.24. The number of methoxy groups -OCH3 is 2. The van der Waals surface area contributed by atoms with Crippen LogP contribution < -0.4 is 9.47 Å². The minimum absolute atomic E-state index is 0.514. The number of benzene rings is 1. The van der Waals surface area contributed by atoms with E-state index < -0.39 is 11.9 Å². The third-order valence-electron chi connectivity index (χ3n) is 2.88. The highest BCUT2D eigenvalue weighted by molar-refractivity contribution is 5.78. The predicted molar refractivity (Wildman–Crippen MR) is 65.1 cm³/mol. The van der Waals surface area contributed by atoms with Gasteiger partial charge in [-0.05, 0) is 31.9 Å². The Bertz CT molecular complexity index is 438. The van der Waals surface area contributed by atoms with Gasteiger partial charge in [-0.25, -0.2) is 0 Å². The second-order valence-electron chi connectivity index (χ2n) is 4.05. The van der Waals surface area contributed by atoms with Crippen molar-refractivity contribution < 1.29 is 19.4 Å². The third kappa shape index (κ3) is 2.35. The van der Waals surface area contributed by atoms with Gasteiger partial charge in [0.1, 0.15) is 0 Å². The van der Waals surface area contributed by atoms with Crippen molar-refractivity contribution in [2.45, 2.75) is 26.7 Å². The summed E-state index contributed by atoms with van der Waals surface area (Å²) in [4.78, 5) is 11.1. The van der Waals surface area contributed by atoms with Gasteiger partial charge in [0.15, 0.2) is 11.5 Å². The second kappa shape index (κ2) is 5.08. The van der Waals surface area contributed by atoms with Gasteiger partial charge in [0, 0.05) is 5.56 Å². The van der Waals surface area contributed by atoms with Crippen molar-refractivity contribution in [3.05, 3.63) is 22.8 Å². The Morgan fingerprint density at radius 2 is 1.71 bits per heavy atom. The monoisotopic (exact) mass is 238 g/mol. The van der Waals surface area contributed by atoms with Crippen LogP contribution in [0.15, 0.2) is 6.07 Å². The Labute approximate surface area is 101 Å². The first-order valence-electron chi connectivity index (χ1n) is 5.38. The highest BCUT2D eigenvalue weighted by Crippen LogP contribution is 2.40. The molecule has 1 rings (SSSR count). The zero-order chi connectivity index (χ0) is 13.2. The molecule has 1 aromatic rings. The summed E-state index contributed by atoms with van der Waals surface area (Å²) in [6.07, 6.45) is 0. The standard InChI is InChI=1S/C13H18O4/c1-7-6-8(2)11(16-4)12(17-5)10(7)9(3)13(14)15/h6,9H,1-5H3,(H,14,15). The van der Waals surface area contributed by atoms with Crippen LogP contribution in [0.4, 0.5) is 0 Å². The van der Waals surface area contributed by atoms with Crippen LogP contribution in [0.1, 0.15) is 29.5 Å². The maximum atomic E-state index is 11.1. The quantitative estimate of drug-likeness (QED) is 0.875. The molecule has 4 nitrogen and oxygen atoms in total. The molecule has 0 aliphatic heterocycles. The minimum atomic E-state index is -0.877. The fourth-order valence-corrected chi connectivity index (χ4v) is 2.07. The lowest BCUT2D eigenvalue weighted by molar-refractivity contribution is -0.138. The molecular formula is C13H18O4. The number of carboxylic acids is 1. The maximum Gasteiger partial charge on any atom is 0.310 e. The Kier molecular flexibility index (Phi) is 3.99. The van der Waals surface area contributed by atoms with Crippen molar-refractivity contribution in [3.63, 3.8) is 0 Å². The first-order chi connectivity index (χ1) is 7.93. The maximum absolute atomic E-state index is 11.1. The topological polar surface area (TPSA) is 55.8 Å². The zero-order valence-corrected chi connectivity index (χ0v) is 10.8. The van der Waals surface area contributed by atoms with Gasteiger partial charge < -0.3 is 14.6 Å². The van der Waals surface area contributed by atoms with Gasteiger partial charge in [0.2, 0.25) is 0 Å². The fraction of sp³-hybridized carbons (Fsp3) is 0.462. The fourth-order valence-electron chi connectivity index (χ4n) is 2.07. The third-order valence-corrected chi connectivity index (χ3v) is 2.88. The number of ether oxygens (including phenoxy) is 2. The van der Waals surface area contributed by atoms with Crippen LogP contribution in [0, 0.1) is 13.8 Å². The molecular weight excluding hydrogens is 220 g/mol. The molecule has 0 bridgehead atoms. The summed E-state index contributed by atoms with van der Waals surface area (Å²) >= 11 is 0. The average Bonchev–Trinajstić information content (AvgIpc) is 2.27. The molecule has 1 unspecified atom stereocenters. The summed E-state index contributed by atoms with van der Waals surface area (Å²) in [5.41, 5.74) is 2.50. The number of aryl methyl sites for hydroxylation is 2. The lowest BCUT2D eigenvalue weighted by Crippen LogP contribution is -2.11. The summed E-state index contributed by atoms with van der Waals surface area (Å²) in [5.74, 6) is -0.391. The van der Waals surface area contributed by atoms with Crippen molar-refractivity contribution in [1.29, 1.82) is 0 Å². The molecule has 4 heteroatoms. The molecule has 0 spiro atoms. The Morgan fingerprint density at radius 3 is 2.12 bits per heavy atom. The molecule has 94 valence electrons. The number of aliphatic carboxylic acids is 1. The smallest absolute Gasteiger partial charge is 0.310 e. The van der Waals surface area contributed by atoms with Crippen molar-refractivity contribution in [2.24, 2.45) is 0 Å². The number of hydrogen-bond acceptors (Lipinski definition) is 3. The number of carboxylic acid groups (broad SMARTS) is 1. The van der Waals surface area contributed by atoms with Crippen molar-refractivity contribution in [2.75, 3.05) is 14.2 Å². The van der Waals surface area contributed by atoms with E-state index in [1.165, 1.54) is 7.11 Å². The Balaban J connectivity index is 3.52. The zero-order valence-electron chi connectivity index (χ0n) is 10.8. The van der Waals surface area contributed by atoms with Gasteiger partial charge in [-0.1, -0.05) is 6.07 Å². The van der Waals surface area contributed by atoms with Gasteiger partial charge in [0.05, 0.1) is 20.1 Å². The average molecular weight is 238 g/mol. The molecule has 1 N–H and O–H groups in total. The van der Waals surface area contributed by atoms with Gasteiger partial charge in [-0.2, -0.15) is 0 Å². The molecule has 1 atom stereocenters. The molecule has 0 aliphatic rings. The van der Waals surface area contributed by atoms with Crippen LogP contribution in [0.3, 0.4) is 0 Å². The van der Waals surface area contributed by atoms with E-state index in [0.29, 0.717) is 17.1 Å². The summed E-state index contributed by atoms with van der Waals surface area (Å²) in [6.45, 7) is 5.43. The van der Waals surface area contributed by atoms with Crippen molar-refractivity contribution in [3.8, 4) is 11.5 Å². The van der Waals surface area contributed by atoms with Crippen LogP contribution in [0.2, 0.25) is 0 Å². The summed E-state index contributed by atoms with van der Waals surface area (Å²) < 4.78 is 10.6. The molecule has 0 aromatic heterocycles. The Hall–Kier alpha value is -1.71. The number of carbonyl (C=O) groups is 1. The van der Waals surface area contributed by atoms with E-state index in [1.807, 2.05) is 19.9 Å². The number of hydrogen-bond donors (Lipinski definition) is 1. The predicted octanol–water partition coefficient (Wildman–Crippen LogP) is 2.51. The van der Waals surface area contributed by atoms with Crippen LogP contribution in [0.25, 0.3) is 0 Å². The van der Waals surface area contributed by atoms with Gasteiger partial charge >= 0.3 is 5.97 Å². The van der Waals surface area contributed by atoms with Crippen LogP contribution in [0.5, 0.6) is 11.5 Å². The van der Waals surface area contributed by atoms with E-state index in [2.05, 4.69) is 0 Å². The molecule has 0 heterocycles. The summed E-state index contributed by atoms with van der Waals surface area (Å²) in [5, 5.41) is 9.12. The molecule has 0 aliphatic carbocycles. The molecule has 0 radical (unpaired) electrons. The normalized spacial score (nSPS) is 12.1. The van der Waals surface area contributed by atoms with E-state index in [4.69, 9.17) is 14.6 Å². The van der Waals surface area contributed by atoms with Crippen LogP contribution in [-0.4, -0.2) is 25.3 Å². The first kappa shape index (κ1) is 13.4.